The Morgan fingerprint density at radius 2 is 1.82 bits per heavy atom. The van der Waals surface area contributed by atoms with Crippen molar-refractivity contribution >= 4 is 23.4 Å². The lowest BCUT2D eigenvalue weighted by Gasteiger charge is -2.07. The zero-order chi connectivity index (χ0) is 12.3. The van der Waals surface area contributed by atoms with Gasteiger partial charge in [-0.1, -0.05) is 35.5 Å². The van der Waals surface area contributed by atoms with E-state index in [1.807, 2.05) is 24.3 Å². The Kier molecular flexibility index (Phi) is 4.11. The molecule has 3 heteroatoms. The second kappa shape index (κ2) is 5.58. The Balaban J connectivity index is 2.21. The topological polar surface area (TPSA) is 26.0 Å². The molecule has 0 aliphatic rings. The molecule has 1 nitrogen and oxygen atoms in total. The van der Waals surface area contributed by atoms with E-state index < -0.39 is 0 Å². The Morgan fingerprint density at radius 1 is 1.12 bits per heavy atom. The van der Waals surface area contributed by atoms with Crippen LogP contribution in [0.1, 0.15) is 11.1 Å². The fraction of sp³-hybridized carbons (Fsp3) is 0.143. The van der Waals surface area contributed by atoms with Crippen LogP contribution in [0, 0.1) is 6.92 Å². The van der Waals surface area contributed by atoms with Crippen molar-refractivity contribution in [2.45, 2.75) is 23.3 Å². The van der Waals surface area contributed by atoms with E-state index in [1.165, 1.54) is 20.9 Å². The molecule has 0 heterocycles. The molecule has 0 amide bonds. The molecule has 0 radical (unpaired) electrons. The first-order valence-electron chi connectivity index (χ1n) is 5.42. The zero-order valence-electron chi connectivity index (χ0n) is 9.61. The maximum absolute atomic E-state index is 5.86. The summed E-state index contributed by atoms with van der Waals surface area (Å²) < 4.78 is 0. The van der Waals surface area contributed by atoms with Crippen LogP contribution in [0.15, 0.2) is 52.3 Å². The Morgan fingerprint density at radius 3 is 2.41 bits per heavy atom. The molecule has 2 N–H and O–H groups in total. The predicted molar refractivity (Wildman–Crippen MR) is 74.6 cm³/mol. The molecule has 0 saturated carbocycles. The highest BCUT2D eigenvalue weighted by molar-refractivity contribution is 7.99. The van der Waals surface area contributed by atoms with Gasteiger partial charge < -0.3 is 5.73 Å². The standard InChI is InChI=1S/C14H14ClNS/c1-10-8-11(9-16)2-7-14(10)17-13-5-3-12(15)4-6-13/h2-8H,9,16H2,1H3. The molecule has 0 spiro atoms. The summed E-state index contributed by atoms with van der Waals surface area (Å²) in [6, 6.07) is 14.2. The maximum Gasteiger partial charge on any atom is 0.0406 e. The van der Waals surface area contributed by atoms with E-state index in [1.54, 1.807) is 11.8 Å². The smallest absolute Gasteiger partial charge is 0.0406 e. The number of benzene rings is 2. The summed E-state index contributed by atoms with van der Waals surface area (Å²) in [7, 11) is 0. The third kappa shape index (κ3) is 3.25. The minimum atomic E-state index is 0.590. The van der Waals surface area contributed by atoms with Gasteiger partial charge in [-0.15, -0.1) is 0 Å². The average Bonchev–Trinajstić information content (AvgIpc) is 2.34. The van der Waals surface area contributed by atoms with Gasteiger partial charge in [0.25, 0.3) is 0 Å². The van der Waals surface area contributed by atoms with Gasteiger partial charge in [-0.3, -0.25) is 0 Å². The number of aryl methyl sites for hydroxylation is 1. The second-order valence-electron chi connectivity index (χ2n) is 3.86. The maximum atomic E-state index is 5.86. The van der Waals surface area contributed by atoms with Crippen molar-refractivity contribution in [3.63, 3.8) is 0 Å². The van der Waals surface area contributed by atoms with E-state index in [0.717, 1.165) is 5.02 Å². The second-order valence-corrected chi connectivity index (χ2v) is 5.41. The van der Waals surface area contributed by atoms with E-state index in [2.05, 4.69) is 25.1 Å². The van der Waals surface area contributed by atoms with Gasteiger partial charge in [0, 0.05) is 21.4 Å². The van der Waals surface area contributed by atoms with Gasteiger partial charge >= 0.3 is 0 Å². The van der Waals surface area contributed by atoms with Crippen LogP contribution in [0.2, 0.25) is 5.02 Å². The summed E-state index contributed by atoms with van der Waals surface area (Å²) in [5.74, 6) is 0. The van der Waals surface area contributed by atoms with Crippen LogP contribution in [-0.4, -0.2) is 0 Å². The third-order valence-corrected chi connectivity index (χ3v) is 3.95. The Bertz CT molecular complexity index is 508. The Labute approximate surface area is 111 Å². The highest BCUT2D eigenvalue weighted by atomic mass is 35.5. The van der Waals surface area contributed by atoms with E-state index in [9.17, 15) is 0 Å². The van der Waals surface area contributed by atoms with Crippen molar-refractivity contribution in [2.75, 3.05) is 0 Å². The predicted octanol–water partition coefficient (Wildman–Crippen LogP) is 4.26. The minimum Gasteiger partial charge on any atom is -0.326 e. The molecule has 88 valence electrons. The van der Waals surface area contributed by atoms with Crippen molar-refractivity contribution in [1.82, 2.24) is 0 Å². The zero-order valence-corrected chi connectivity index (χ0v) is 11.2. The lowest BCUT2D eigenvalue weighted by molar-refractivity contribution is 1.06. The lowest BCUT2D eigenvalue weighted by atomic mass is 10.1. The van der Waals surface area contributed by atoms with Gasteiger partial charge in [0.05, 0.1) is 0 Å². The summed E-state index contributed by atoms with van der Waals surface area (Å²) >= 11 is 7.60. The first kappa shape index (κ1) is 12.5. The molecular weight excluding hydrogens is 250 g/mol. The van der Waals surface area contributed by atoms with Gasteiger partial charge in [0.1, 0.15) is 0 Å². The van der Waals surface area contributed by atoms with Crippen LogP contribution >= 0.6 is 23.4 Å². The molecule has 17 heavy (non-hydrogen) atoms. The molecular formula is C14H14ClNS. The molecule has 2 rings (SSSR count). The van der Waals surface area contributed by atoms with Gasteiger partial charge in [-0.25, -0.2) is 0 Å². The fourth-order valence-electron chi connectivity index (χ4n) is 1.58. The molecule has 0 atom stereocenters. The molecule has 0 unspecified atom stereocenters. The minimum absolute atomic E-state index is 0.590. The van der Waals surface area contributed by atoms with Crippen LogP contribution in [0.4, 0.5) is 0 Å². The van der Waals surface area contributed by atoms with Crippen LogP contribution < -0.4 is 5.73 Å². The summed E-state index contributed by atoms with van der Waals surface area (Å²) in [6.45, 7) is 2.70. The van der Waals surface area contributed by atoms with Crippen molar-refractivity contribution in [3.05, 3.63) is 58.6 Å². The number of hydrogen-bond donors (Lipinski definition) is 1. The van der Waals surface area contributed by atoms with Gasteiger partial charge in [0.15, 0.2) is 0 Å². The van der Waals surface area contributed by atoms with Crippen LogP contribution in [0.25, 0.3) is 0 Å². The Hall–Kier alpha value is -0.960. The molecule has 2 aromatic rings. The first-order chi connectivity index (χ1) is 8.19. The first-order valence-corrected chi connectivity index (χ1v) is 6.61. The highest BCUT2D eigenvalue weighted by Crippen LogP contribution is 2.31. The molecule has 0 aliphatic carbocycles. The van der Waals surface area contributed by atoms with Crippen molar-refractivity contribution in [2.24, 2.45) is 5.73 Å². The van der Waals surface area contributed by atoms with Crippen LogP contribution in [-0.2, 0) is 6.54 Å². The monoisotopic (exact) mass is 263 g/mol. The molecule has 0 aromatic heterocycles. The molecule has 0 saturated heterocycles. The van der Waals surface area contributed by atoms with Gasteiger partial charge in [-0.05, 0) is 48.4 Å². The molecule has 2 aromatic carbocycles. The summed E-state index contributed by atoms with van der Waals surface area (Å²) in [5.41, 5.74) is 8.04. The lowest BCUT2D eigenvalue weighted by Crippen LogP contribution is -1.96. The average molecular weight is 264 g/mol. The number of nitrogens with two attached hydrogens (primary N) is 1. The van der Waals surface area contributed by atoms with Gasteiger partial charge in [0.2, 0.25) is 0 Å². The quantitative estimate of drug-likeness (QED) is 0.896. The summed E-state index contributed by atoms with van der Waals surface area (Å²) in [6.07, 6.45) is 0. The summed E-state index contributed by atoms with van der Waals surface area (Å²) in [5, 5.41) is 0.768. The number of rotatable bonds is 3. The van der Waals surface area contributed by atoms with Crippen molar-refractivity contribution < 1.29 is 0 Å². The molecule has 0 aliphatic heterocycles. The van der Waals surface area contributed by atoms with Crippen molar-refractivity contribution in [1.29, 1.82) is 0 Å². The fourth-order valence-corrected chi connectivity index (χ4v) is 2.59. The normalized spacial score (nSPS) is 10.5. The number of halogens is 1. The van der Waals surface area contributed by atoms with Gasteiger partial charge in [-0.2, -0.15) is 0 Å². The van der Waals surface area contributed by atoms with E-state index in [-0.39, 0.29) is 0 Å². The highest BCUT2D eigenvalue weighted by Gasteiger charge is 2.02. The molecule has 0 fully saturated rings. The van der Waals surface area contributed by atoms with Crippen LogP contribution in [0.3, 0.4) is 0 Å². The van der Waals surface area contributed by atoms with E-state index in [4.69, 9.17) is 17.3 Å². The SMILES string of the molecule is Cc1cc(CN)ccc1Sc1ccc(Cl)cc1. The van der Waals surface area contributed by atoms with Crippen LogP contribution in [0.5, 0.6) is 0 Å². The summed E-state index contributed by atoms with van der Waals surface area (Å²) in [4.78, 5) is 2.45. The third-order valence-electron chi connectivity index (χ3n) is 2.52. The van der Waals surface area contributed by atoms with E-state index in [0.29, 0.717) is 6.54 Å². The van der Waals surface area contributed by atoms with Crippen molar-refractivity contribution in [3.8, 4) is 0 Å². The number of hydrogen-bond acceptors (Lipinski definition) is 2. The largest absolute Gasteiger partial charge is 0.326 e. The molecule has 0 bridgehead atoms. The van der Waals surface area contributed by atoms with E-state index >= 15 is 0 Å².